The molecule has 0 aliphatic heterocycles. The van der Waals surface area contributed by atoms with Gasteiger partial charge < -0.3 is 24.8 Å². The second-order valence-electron chi connectivity index (χ2n) is 10.0. The third-order valence-electron chi connectivity index (χ3n) is 7.06. The molecule has 0 spiro atoms. The summed E-state index contributed by atoms with van der Waals surface area (Å²) in [5.74, 6) is 0. The van der Waals surface area contributed by atoms with Gasteiger partial charge in [0.25, 0.3) is 0 Å². The Bertz CT molecular complexity index is 967. The number of rotatable bonds is 4. The van der Waals surface area contributed by atoms with Crippen LogP contribution in [0.25, 0.3) is 17.2 Å². The first-order valence-electron chi connectivity index (χ1n) is 11.1. The van der Waals surface area contributed by atoms with Gasteiger partial charge in [-0.15, -0.1) is 0 Å². The van der Waals surface area contributed by atoms with Crippen LogP contribution >= 0.6 is 0 Å². The average molecular weight is 532 g/mol. The summed E-state index contributed by atoms with van der Waals surface area (Å²) in [6.07, 6.45) is 13.8. The maximum absolute atomic E-state index is 2.57. The maximum Gasteiger partial charge on any atom is -1.00 e. The van der Waals surface area contributed by atoms with Crippen LogP contribution in [-0.2, 0) is 30.1 Å². The summed E-state index contributed by atoms with van der Waals surface area (Å²) < 4.78 is 0.619. The third kappa shape index (κ3) is 5.32. The molecule has 163 valence electrons. The molecule has 0 nitrogen and oxygen atoms in total. The Hall–Kier alpha value is -0.617. The van der Waals surface area contributed by atoms with E-state index in [0.29, 0.717) is 9.04 Å². The van der Waals surface area contributed by atoms with E-state index in [9.17, 15) is 0 Å². The molecule has 0 N–H and O–H groups in total. The molecule has 4 rings (SSSR count). The SMILES string of the molecule is CCC1(CC2=Cc3c(-c4ccccc4C(C)(C)C)cccc3[CH]2[Zr+2])CC=CCC1.[Cl-].[Cl-]. The van der Waals surface area contributed by atoms with E-state index < -0.39 is 0 Å². The average Bonchev–Trinajstić information content (AvgIpc) is 3.03. The minimum Gasteiger partial charge on any atom is -1.00 e. The Kier molecular flexibility index (Phi) is 9.06. The molecule has 0 fully saturated rings. The van der Waals surface area contributed by atoms with Crippen molar-refractivity contribution >= 4 is 6.08 Å². The van der Waals surface area contributed by atoms with Crippen molar-refractivity contribution in [2.24, 2.45) is 5.41 Å². The topological polar surface area (TPSA) is 0 Å². The number of allylic oxidation sites excluding steroid dienone is 3. The van der Waals surface area contributed by atoms with Crippen LogP contribution in [0.2, 0.25) is 0 Å². The van der Waals surface area contributed by atoms with Gasteiger partial charge in [0.15, 0.2) is 0 Å². The zero-order valence-corrected chi connectivity index (χ0v) is 23.1. The van der Waals surface area contributed by atoms with E-state index >= 15 is 0 Å². The molecule has 0 saturated carbocycles. The Labute approximate surface area is 216 Å². The quantitative estimate of drug-likeness (QED) is 0.531. The molecule has 3 heteroatoms. The predicted octanol–water partition coefficient (Wildman–Crippen LogP) is 2.17. The number of benzene rings is 2. The maximum atomic E-state index is 2.57. The van der Waals surface area contributed by atoms with E-state index in [1.807, 2.05) is 0 Å². The Morgan fingerprint density at radius 3 is 2.32 bits per heavy atom. The Morgan fingerprint density at radius 2 is 1.68 bits per heavy atom. The third-order valence-corrected chi connectivity index (χ3v) is 8.74. The zero-order valence-electron chi connectivity index (χ0n) is 19.1. The van der Waals surface area contributed by atoms with Gasteiger partial charge in [-0.05, 0) is 0 Å². The van der Waals surface area contributed by atoms with Gasteiger partial charge in [0, 0.05) is 0 Å². The van der Waals surface area contributed by atoms with Crippen molar-refractivity contribution in [1.82, 2.24) is 0 Å². The molecule has 0 saturated heterocycles. The molecular formula is C28H33Cl2Zr. The number of hydrogen-bond donors (Lipinski definition) is 0. The fourth-order valence-electron chi connectivity index (χ4n) is 5.21. The van der Waals surface area contributed by atoms with Gasteiger partial charge in [0.2, 0.25) is 0 Å². The first kappa shape index (κ1) is 26.6. The molecule has 0 radical (unpaired) electrons. The van der Waals surface area contributed by atoms with Gasteiger partial charge in [0.05, 0.1) is 0 Å². The van der Waals surface area contributed by atoms with Crippen molar-refractivity contribution in [2.75, 3.05) is 0 Å². The summed E-state index contributed by atoms with van der Waals surface area (Å²) in [6, 6.07) is 16.0. The van der Waals surface area contributed by atoms with Crippen LogP contribution < -0.4 is 24.8 Å². The molecule has 31 heavy (non-hydrogen) atoms. The van der Waals surface area contributed by atoms with Crippen molar-refractivity contribution in [3.05, 3.63) is 76.9 Å². The van der Waals surface area contributed by atoms with Crippen LogP contribution in [-0.4, -0.2) is 0 Å². The van der Waals surface area contributed by atoms with Crippen LogP contribution in [0.5, 0.6) is 0 Å². The van der Waals surface area contributed by atoms with Gasteiger partial charge in [-0.3, -0.25) is 0 Å². The summed E-state index contributed by atoms with van der Waals surface area (Å²) in [7, 11) is 0. The fraction of sp³-hybridized carbons (Fsp3) is 0.429. The summed E-state index contributed by atoms with van der Waals surface area (Å²) in [5, 5.41) is 0. The second-order valence-corrected chi connectivity index (χ2v) is 11.4. The summed E-state index contributed by atoms with van der Waals surface area (Å²) in [6.45, 7) is 9.37. The van der Waals surface area contributed by atoms with E-state index in [2.05, 4.69) is 88.4 Å². The van der Waals surface area contributed by atoms with Crippen LogP contribution in [0, 0.1) is 5.41 Å². The summed E-state index contributed by atoms with van der Waals surface area (Å²) >= 11 is 1.63. The first-order chi connectivity index (χ1) is 13.8. The van der Waals surface area contributed by atoms with Gasteiger partial charge >= 0.3 is 193 Å². The van der Waals surface area contributed by atoms with Crippen molar-refractivity contribution in [2.45, 2.75) is 68.8 Å². The smallest absolute Gasteiger partial charge is 1.00 e. The second kappa shape index (κ2) is 10.5. The van der Waals surface area contributed by atoms with Crippen molar-refractivity contribution < 1.29 is 49.5 Å². The summed E-state index contributed by atoms with van der Waals surface area (Å²) in [4.78, 5) is 0. The minimum absolute atomic E-state index is 0. The van der Waals surface area contributed by atoms with Crippen LogP contribution in [0.3, 0.4) is 0 Å². The molecule has 2 aliphatic rings. The van der Waals surface area contributed by atoms with Gasteiger partial charge in [0.1, 0.15) is 0 Å². The zero-order chi connectivity index (χ0) is 20.6. The number of hydrogen-bond acceptors (Lipinski definition) is 0. The first-order valence-corrected chi connectivity index (χ1v) is 12.6. The van der Waals surface area contributed by atoms with Crippen molar-refractivity contribution in [3.8, 4) is 11.1 Å². The van der Waals surface area contributed by atoms with Crippen molar-refractivity contribution in [3.63, 3.8) is 0 Å². The van der Waals surface area contributed by atoms with Crippen LogP contribution in [0.1, 0.15) is 80.1 Å². The fourth-order valence-corrected chi connectivity index (χ4v) is 6.28. The molecule has 2 aromatic rings. The molecule has 0 bridgehead atoms. The largest absolute Gasteiger partial charge is 1.00 e. The standard InChI is InChI=1S/C28H33.2ClH.Zr/c1-5-28(16-9-6-10-17-28)20-21-18-22-12-11-14-23(25(22)19-21)24-13-7-8-15-26(24)27(2,3)4;;;/h6-9,11-15,18-19H,5,10,16-17,20H2,1-4H3;2*1H;/q;;;+2/p-2. The van der Waals surface area contributed by atoms with E-state index in [1.54, 1.807) is 35.9 Å². The molecule has 2 atom stereocenters. The van der Waals surface area contributed by atoms with Crippen molar-refractivity contribution in [1.29, 1.82) is 0 Å². The minimum atomic E-state index is 0. The van der Waals surface area contributed by atoms with E-state index in [1.165, 1.54) is 54.4 Å². The normalized spacial score (nSPS) is 22.3. The monoisotopic (exact) mass is 529 g/mol. The molecular weight excluding hydrogens is 498 g/mol. The van der Waals surface area contributed by atoms with Gasteiger partial charge in [-0.2, -0.15) is 0 Å². The van der Waals surface area contributed by atoms with E-state index in [4.69, 9.17) is 0 Å². The summed E-state index contributed by atoms with van der Waals surface area (Å²) in [5.41, 5.74) is 9.60. The number of halogens is 2. The molecule has 2 unspecified atom stereocenters. The molecule has 0 aromatic heterocycles. The molecule has 0 heterocycles. The van der Waals surface area contributed by atoms with Crippen LogP contribution in [0.15, 0.2) is 60.2 Å². The van der Waals surface area contributed by atoms with E-state index in [0.717, 1.165) is 0 Å². The number of fused-ring (bicyclic) bond motifs is 1. The Morgan fingerprint density at radius 1 is 0.968 bits per heavy atom. The van der Waals surface area contributed by atoms with Crippen LogP contribution in [0.4, 0.5) is 0 Å². The molecule has 2 aromatic carbocycles. The molecule has 0 amide bonds. The Balaban J connectivity index is 0.00000171. The van der Waals surface area contributed by atoms with Gasteiger partial charge in [-0.25, -0.2) is 0 Å². The molecule has 2 aliphatic carbocycles. The van der Waals surface area contributed by atoms with Gasteiger partial charge in [-0.1, -0.05) is 0 Å². The van der Waals surface area contributed by atoms with E-state index in [-0.39, 0.29) is 30.2 Å². The predicted molar refractivity (Wildman–Crippen MR) is 122 cm³/mol.